The van der Waals surface area contributed by atoms with Crippen LogP contribution in [0.15, 0.2) is 48.8 Å². The summed E-state index contributed by atoms with van der Waals surface area (Å²) in [6, 6.07) is 10.7. The molecular formula is C27H36N5O8P. The molecule has 0 spiro atoms. The van der Waals surface area contributed by atoms with E-state index in [0.717, 1.165) is 32.1 Å². The maximum absolute atomic E-state index is 13.9. The van der Waals surface area contributed by atoms with E-state index in [1.807, 2.05) is 0 Å². The summed E-state index contributed by atoms with van der Waals surface area (Å²) >= 11 is 0. The number of aromatic nitrogens is 3. The third-order valence-electron chi connectivity index (χ3n) is 7.57. The summed E-state index contributed by atoms with van der Waals surface area (Å²) in [4.78, 5) is 16.8. The van der Waals surface area contributed by atoms with Gasteiger partial charge in [-0.2, -0.15) is 10.2 Å². The van der Waals surface area contributed by atoms with Crippen LogP contribution in [0.4, 0.5) is 5.82 Å². The molecule has 0 amide bonds. The molecule has 0 radical (unpaired) electrons. The number of fused-ring (bicyclic) bond motifs is 1. The number of nitrogen functional groups attached to an aromatic ring is 1. The number of nitrogens with one attached hydrogen (secondary N) is 1. The van der Waals surface area contributed by atoms with Gasteiger partial charge in [0.2, 0.25) is 0 Å². The van der Waals surface area contributed by atoms with Crippen LogP contribution in [0, 0.1) is 0 Å². The number of esters is 1. The largest absolute Gasteiger partial charge is 0.461 e. The molecule has 222 valence electrons. The second-order valence-electron chi connectivity index (χ2n) is 10.6. The highest BCUT2D eigenvalue weighted by Gasteiger charge is 2.54. The molecule has 41 heavy (non-hydrogen) atoms. The number of nitrogens with zero attached hydrogens (tertiary/aromatic N) is 3. The minimum absolute atomic E-state index is 0.178. The molecule has 2 aromatic heterocycles. The molecule has 1 saturated carbocycles. The van der Waals surface area contributed by atoms with Crippen LogP contribution in [0.5, 0.6) is 5.75 Å². The van der Waals surface area contributed by atoms with Gasteiger partial charge in [-0.05, 0) is 63.8 Å². The highest BCUT2D eigenvalue weighted by atomic mass is 31.2. The van der Waals surface area contributed by atoms with Crippen LogP contribution in [0.1, 0.15) is 51.6 Å². The van der Waals surface area contributed by atoms with Gasteiger partial charge in [0, 0.05) is 0 Å². The molecule has 1 unspecified atom stereocenters. The molecule has 14 heteroatoms. The first-order valence-electron chi connectivity index (χ1n) is 13.7. The fourth-order valence-electron chi connectivity index (χ4n) is 5.28. The van der Waals surface area contributed by atoms with Crippen molar-refractivity contribution in [1.82, 2.24) is 19.7 Å². The predicted octanol–water partition coefficient (Wildman–Crippen LogP) is 2.70. The summed E-state index contributed by atoms with van der Waals surface area (Å²) in [5, 5.41) is 28.8. The van der Waals surface area contributed by atoms with Crippen molar-refractivity contribution in [2.45, 2.75) is 82.0 Å². The van der Waals surface area contributed by atoms with Crippen LogP contribution in [-0.2, 0) is 29.0 Å². The fourth-order valence-corrected chi connectivity index (χ4v) is 6.78. The van der Waals surface area contributed by atoms with Crippen LogP contribution in [0.25, 0.3) is 5.52 Å². The normalized spacial score (nSPS) is 27.4. The molecule has 1 aliphatic heterocycles. The lowest BCUT2D eigenvalue weighted by atomic mass is 9.93. The van der Waals surface area contributed by atoms with Gasteiger partial charge in [-0.25, -0.2) is 14.1 Å². The van der Waals surface area contributed by atoms with Gasteiger partial charge in [-0.3, -0.25) is 9.32 Å². The quantitative estimate of drug-likeness (QED) is 0.201. The van der Waals surface area contributed by atoms with Crippen LogP contribution in [0.3, 0.4) is 0 Å². The highest BCUT2D eigenvalue weighted by molar-refractivity contribution is 7.52. The lowest BCUT2D eigenvalue weighted by molar-refractivity contribution is -0.152. The van der Waals surface area contributed by atoms with Gasteiger partial charge in [0.1, 0.15) is 53.7 Å². The summed E-state index contributed by atoms with van der Waals surface area (Å²) in [6.07, 6.45) is 1.86. The van der Waals surface area contributed by atoms with E-state index < -0.39 is 50.3 Å². The second kappa shape index (κ2) is 12.0. The van der Waals surface area contributed by atoms with Gasteiger partial charge in [0.15, 0.2) is 5.82 Å². The maximum atomic E-state index is 13.9. The van der Waals surface area contributed by atoms with E-state index in [1.165, 1.54) is 17.8 Å². The maximum Gasteiger partial charge on any atom is 0.459 e. The van der Waals surface area contributed by atoms with Crippen LogP contribution in [0.2, 0.25) is 0 Å². The van der Waals surface area contributed by atoms with Crippen molar-refractivity contribution in [1.29, 1.82) is 0 Å². The molecule has 5 N–H and O–H groups in total. The third-order valence-corrected chi connectivity index (χ3v) is 9.22. The van der Waals surface area contributed by atoms with Gasteiger partial charge in [-0.1, -0.05) is 24.6 Å². The molecule has 3 aromatic rings. The molecule has 1 aromatic carbocycles. The van der Waals surface area contributed by atoms with Crippen LogP contribution < -0.4 is 15.3 Å². The van der Waals surface area contributed by atoms with Gasteiger partial charge in [0.25, 0.3) is 0 Å². The summed E-state index contributed by atoms with van der Waals surface area (Å²) < 4.78 is 38.6. The Labute approximate surface area is 237 Å². The van der Waals surface area contributed by atoms with E-state index in [-0.39, 0.29) is 17.7 Å². The van der Waals surface area contributed by atoms with Gasteiger partial charge in [-0.15, -0.1) is 0 Å². The van der Waals surface area contributed by atoms with Crippen molar-refractivity contribution in [2.75, 3.05) is 12.3 Å². The smallest absolute Gasteiger partial charge is 0.459 e. The van der Waals surface area contributed by atoms with Crippen molar-refractivity contribution in [2.24, 2.45) is 0 Å². The van der Waals surface area contributed by atoms with E-state index in [1.54, 1.807) is 49.4 Å². The zero-order valence-electron chi connectivity index (χ0n) is 23.0. The number of carbonyl (C=O) groups is 1. The van der Waals surface area contributed by atoms with Gasteiger partial charge >= 0.3 is 13.7 Å². The van der Waals surface area contributed by atoms with E-state index in [9.17, 15) is 19.6 Å². The molecule has 13 nitrogen and oxygen atoms in total. The number of anilines is 1. The van der Waals surface area contributed by atoms with Crippen LogP contribution >= 0.6 is 7.75 Å². The van der Waals surface area contributed by atoms with E-state index in [4.69, 9.17) is 24.3 Å². The number of rotatable bonds is 10. The Morgan fingerprint density at radius 3 is 2.68 bits per heavy atom. The Hall–Kier alpha value is -3.06. The SMILES string of the molecule is C[C@H](NP(=O)(OC[C@H]1O[C@@](C)(c2ccc3c(N)ncnn23)[C@H](O)[C@@H]1O)Oc1ccccc1)C(=O)OC1CCCCC1. The summed E-state index contributed by atoms with van der Waals surface area (Å²) in [5.74, 6) is -0.0891. The molecule has 1 saturated heterocycles. The van der Waals surface area contributed by atoms with Crippen molar-refractivity contribution in [3.05, 3.63) is 54.5 Å². The Balaban J connectivity index is 1.31. The number of hydrogen-bond donors (Lipinski definition) is 4. The minimum Gasteiger partial charge on any atom is -0.461 e. The monoisotopic (exact) mass is 589 g/mol. The summed E-state index contributed by atoms with van der Waals surface area (Å²) in [5.41, 5.74) is 5.46. The van der Waals surface area contributed by atoms with Crippen molar-refractivity contribution < 1.29 is 38.1 Å². The molecule has 3 heterocycles. The van der Waals surface area contributed by atoms with Gasteiger partial charge in [0.05, 0.1) is 12.3 Å². The predicted molar refractivity (Wildman–Crippen MR) is 148 cm³/mol. The number of hydrogen-bond acceptors (Lipinski definition) is 11. The zero-order valence-corrected chi connectivity index (χ0v) is 23.9. The fraction of sp³-hybridized carbons (Fsp3) is 0.519. The number of benzene rings is 1. The molecule has 1 aliphatic carbocycles. The average Bonchev–Trinajstić information content (AvgIpc) is 3.50. The number of aliphatic hydroxyl groups is 2. The van der Waals surface area contributed by atoms with E-state index in [0.29, 0.717) is 11.2 Å². The highest BCUT2D eigenvalue weighted by Crippen LogP contribution is 2.47. The molecule has 2 fully saturated rings. The number of carbonyl (C=O) groups excluding carboxylic acids is 1. The molecular weight excluding hydrogens is 553 g/mol. The van der Waals surface area contributed by atoms with Crippen LogP contribution in [-0.4, -0.2) is 67.8 Å². The Morgan fingerprint density at radius 1 is 1.22 bits per heavy atom. The lowest BCUT2D eigenvalue weighted by Crippen LogP contribution is -2.40. The summed E-state index contributed by atoms with van der Waals surface area (Å²) in [6.45, 7) is 2.68. The standard InChI is InChI=1S/C27H36N5O8P/c1-17(26(35)38-18-9-5-3-6-10-18)31-41(36,40-19-11-7-4-8-12-19)37-15-21-23(33)24(34)27(2,39-21)22-14-13-20-25(28)29-16-30-32(20)22/h4,7-8,11-14,16-18,21,23-24,33-34H,3,5-6,9-10,15H2,1-2H3,(H,31,36)(H2,28,29,30)/t17-,21+,23+,24+,27-,41?/m0/s1. The summed E-state index contributed by atoms with van der Waals surface area (Å²) in [7, 11) is -4.22. The van der Waals surface area contributed by atoms with Gasteiger partial charge < -0.3 is 29.9 Å². The second-order valence-corrected chi connectivity index (χ2v) is 12.3. The van der Waals surface area contributed by atoms with Crippen molar-refractivity contribution in [3.63, 3.8) is 0 Å². The van der Waals surface area contributed by atoms with Crippen molar-refractivity contribution >= 4 is 25.1 Å². The topological polar surface area (TPSA) is 180 Å². The molecule has 2 aliphatic rings. The van der Waals surface area contributed by atoms with E-state index >= 15 is 0 Å². The lowest BCUT2D eigenvalue weighted by Gasteiger charge is -2.28. The first kappa shape index (κ1) is 29.4. The Morgan fingerprint density at radius 2 is 1.95 bits per heavy atom. The third kappa shape index (κ3) is 6.25. The Kier molecular flexibility index (Phi) is 8.65. The number of nitrogens with two attached hydrogens (primary N) is 1. The minimum atomic E-state index is -4.22. The van der Waals surface area contributed by atoms with Crippen molar-refractivity contribution in [3.8, 4) is 5.75 Å². The molecule has 0 bridgehead atoms. The first-order valence-corrected chi connectivity index (χ1v) is 15.2. The molecule has 5 rings (SSSR count). The van der Waals surface area contributed by atoms with E-state index in [2.05, 4.69) is 15.2 Å². The molecule has 6 atom stereocenters. The average molecular weight is 590 g/mol. The number of ether oxygens (including phenoxy) is 2. The first-order chi connectivity index (χ1) is 19.6. The zero-order chi connectivity index (χ0) is 29.2. The Bertz CT molecular complexity index is 1400. The number of para-hydroxylation sites is 1. The number of aliphatic hydroxyl groups excluding tert-OH is 2.